The summed E-state index contributed by atoms with van der Waals surface area (Å²) in [6.45, 7) is 4.13. The maximum Gasteiger partial charge on any atom is 0.303 e. The number of carboxylic acid groups (broad SMARTS) is 1. The van der Waals surface area contributed by atoms with Crippen molar-refractivity contribution in [3.05, 3.63) is 23.8 Å². The molecule has 2 aromatic heterocycles. The molecule has 0 saturated carbocycles. The maximum absolute atomic E-state index is 10.5. The summed E-state index contributed by atoms with van der Waals surface area (Å²) in [7, 11) is 0. The third kappa shape index (κ3) is 2.41. The Morgan fingerprint density at radius 2 is 2.29 bits per heavy atom. The van der Waals surface area contributed by atoms with Crippen LogP contribution >= 0.6 is 0 Å². The largest absolute Gasteiger partial charge is 0.481 e. The fraction of sp³-hybridized carbons (Fsp3) is 0.455. The van der Waals surface area contributed by atoms with Crippen LogP contribution in [-0.4, -0.2) is 30.7 Å². The lowest BCUT2D eigenvalue weighted by molar-refractivity contribution is -0.137. The Labute approximate surface area is 98.3 Å². The van der Waals surface area contributed by atoms with Crippen molar-refractivity contribution in [3.8, 4) is 0 Å². The number of aliphatic carboxylic acids is 1. The van der Waals surface area contributed by atoms with E-state index in [0.717, 1.165) is 5.69 Å². The quantitative estimate of drug-likeness (QED) is 0.861. The maximum atomic E-state index is 10.5. The average Bonchev–Trinajstić information content (AvgIpc) is 2.68. The number of carbonyl (C=O) groups is 1. The van der Waals surface area contributed by atoms with E-state index in [1.807, 2.05) is 6.07 Å². The third-order valence-electron chi connectivity index (χ3n) is 2.47. The van der Waals surface area contributed by atoms with Crippen LogP contribution in [0.5, 0.6) is 0 Å². The van der Waals surface area contributed by atoms with Crippen molar-refractivity contribution in [3.63, 3.8) is 0 Å². The fourth-order valence-electron chi connectivity index (χ4n) is 1.61. The van der Waals surface area contributed by atoms with Gasteiger partial charge >= 0.3 is 5.97 Å². The summed E-state index contributed by atoms with van der Waals surface area (Å²) in [6.07, 6.45) is 2.06. The van der Waals surface area contributed by atoms with Gasteiger partial charge in [-0.1, -0.05) is 13.8 Å². The van der Waals surface area contributed by atoms with Gasteiger partial charge < -0.3 is 5.11 Å². The van der Waals surface area contributed by atoms with E-state index in [0.29, 0.717) is 23.9 Å². The Hall–Kier alpha value is -1.98. The number of nitrogens with zero attached hydrogens (tertiary/aromatic N) is 4. The Kier molecular flexibility index (Phi) is 3.03. The van der Waals surface area contributed by atoms with Crippen molar-refractivity contribution < 1.29 is 9.90 Å². The first-order chi connectivity index (χ1) is 8.08. The first kappa shape index (κ1) is 11.5. The van der Waals surface area contributed by atoms with Gasteiger partial charge in [0, 0.05) is 12.6 Å². The molecule has 0 aliphatic rings. The van der Waals surface area contributed by atoms with E-state index in [-0.39, 0.29) is 6.42 Å². The van der Waals surface area contributed by atoms with Crippen LogP contribution in [-0.2, 0) is 11.2 Å². The molecule has 0 aromatic carbocycles. The molecule has 6 nitrogen and oxygen atoms in total. The van der Waals surface area contributed by atoms with E-state index < -0.39 is 5.97 Å². The molecule has 0 saturated heterocycles. The van der Waals surface area contributed by atoms with Crippen molar-refractivity contribution in [2.24, 2.45) is 0 Å². The second-order valence-electron chi connectivity index (χ2n) is 4.16. The SMILES string of the molecule is CC(C)c1ccnc2nc(CCC(=O)O)nn12. The number of aryl methyl sites for hydroxylation is 1. The molecule has 0 aliphatic heterocycles. The van der Waals surface area contributed by atoms with Crippen LogP contribution in [0.25, 0.3) is 5.78 Å². The molecule has 0 radical (unpaired) electrons. The van der Waals surface area contributed by atoms with Crippen molar-refractivity contribution in [1.29, 1.82) is 0 Å². The van der Waals surface area contributed by atoms with Crippen LogP contribution in [0.4, 0.5) is 0 Å². The summed E-state index contributed by atoms with van der Waals surface area (Å²) in [5.74, 6) is 0.514. The van der Waals surface area contributed by atoms with Gasteiger partial charge in [0.25, 0.3) is 5.78 Å². The lowest BCUT2D eigenvalue weighted by Crippen LogP contribution is -2.02. The number of hydrogen-bond donors (Lipinski definition) is 1. The second kappa shape index (κ2) is 4.48. The average molecular weight is 234 g/mol. The van der Waals surface area contributed by atoms with E-state index >= 15 is 0 Å². The monoisotopic (exact) mass is 234 g/mol. The smallest absolute Gasteiger partial charge is 0.303 e. The first-order valence-corrected chi connectivity index (χ1v) is 5.50. The van der Waals surface area contributed by atoms with Crippen LogP contribution in [0, 0.1) is 0 Å². The van der Waals surface area contributed by atoms with Crippen LogP contribution in [0.1, 0.15) is 37.7 Å². The highest BCUT2D eigenvalue weighted by Crippen LogP contribution is 2.14. The molecule has 2 heterocycles. The molecule has 2 aromatic rings. The van der Waals surface area contributed by atoms with Crippen LogP contribution in [0.3, 0.4) is 0 Å². The topological polar surface area (TPSA) is 80.4 Å². The summed E-state index contributed by atoms with van der Waals surface area (Å²) in [4.78, 5) is 18.8. The van der Waals surface area contributed by atoms with Crippen LogP contribution in [0.15, 0.2) is 12.3 Å². The molecule has 17 heavy (non-hydrogen) atoms. The van der Waals surface area contributed by atoms with Crippen molar-refractivity contribution in [2.45, 2.75) is 32.6 Å². The Bertz CT molecular complexity index is 547. The van der Waals surface area contributed by atoms with Gasteiger partial charge in [-0.15, -0.1) is 5.10 Å². The van der Waals surface area contributed by atoms with E-state index in [9.17, 15) is 4.79 Å². The Morgan fingerprint density at radius 1 is 1.53 bits per heavy atom. The molecule has 0 spiro atoms. The standard InChI is InChI=1S/C11H14N4O2/c1-7(2)8-5-6-12-11-13-9(14-15(8)11)3-4-10(16)17/h5-7H,3-4H2,1-2H3,(H,16,17). The minimum atomic E-state index is -0.846. The molecule has 90 valence electrons. The lowest BCUT2D eigenvalue weighted by Gasteiger charge is -2.05. The van der Waals surface area contributed by atoms with Gasteiger partial charge in [0.15, 0.2) is 5.82 Å². The lowest BCUT2D eigenvalue weighted by atomic mass is 10.1. The summed E-state index contributed by atoms with van der Waals surface area (Å²) < 4.78 is 1.68. The van der Waals surface area contributed by atoms with Gasteiger partial charge in [0.05, 0.1) is 12.1 Å². The van der Waals surface area contributed by atoms with Crippen molar-refractivity contribution >= 4 is 11.7 Å². The second-order valence-corrected chi connectivity index (χ2v) is 4.16. The van der Waals surface area contributed by atoms with Gasteiger partial charge in [0.2, 0.25) is 0 Å². The minimum absolute atomic E-state index is 0.0356. The molecule has 6 heteroatoms. The summed E-state index contributed by atoms with van der Waals surface area (Å²) in [5, 5.41) is 12.9. The molecular weight excluding hydrogens is 220 g/mol. The molecule has 0 aliphatic carbocycles. The first-order valence-electron chi connectivity index (χ1n) is 5.50. The van der Waals surface area contributed by atoms with Gasteiger partial charge in [-0.05, 0) is 12.0 Å². The number of hydrogen-bond acceptors (Lipinski definition) is 4. The highest BCUT2D eigenvalue weighted by molar-refractivity contribution is 5.66. The number of aromatic nitrogens is 4. The van der Waals surface area contributed by atoms with Gasteiger partial charge in [-0.2, -0.15) is 4.98 Å². The van der Waals surface area contributed by atoms with Crippen LogP contribution < -0.4 is 0 Å². The molecule has 0 atom stereocenters. The molecular formula is C11H14N4O2. The van der Waals surface area contributed by atoms with Crippen LogP contribution in [0.2, 0.25) is 0 Å². The van der Waals surface area contributed by atoms with Gasteiger partial charge in [-0.3, -0.25) is 4.79 Å². The minimum Gasteiger partial charge on any atom is -0.481 e. The third-order valence-corrected chi connectivity index (χ3v) is 2.47. The van der Waals surface area contributed by atoms with E-state index in [2.05, 4.69) is 28.9 Å². The predicted octanol–water partition coefficient (Wildman–Crippen LogP) is 1.26. The fourth-order valence-corrected chi connectivity index (χ4v) is 1.61. The molecule has 0 bridgehead atoms. The normalized spacial score (nSPS) is 11.2. The molecule has 0 amide bonds. The zero-order valence-corrected chi connectivity index (χ0v) is 9.79. The van der Waals surface area contributed by atoms with E-state index in [1.54, 1.807) is 10.7 Å². The highest BCUT2D eigenvalue weighted by atomic mass is 16.4. The zero-order valence-electron chi connectivity index (χ0n) is 9.79. The summed E-state index contributed by atoms with van der Waals surface area (Å²) in [5.41, 5.74) is 1.02. The Balaban J connectivity index is 2.36. The molecule has 1 N–H and O–H groups in total. The number of carboxylic acids is 1. The van der Waals surface area contributed by atoms with E-state index in [1.165, 1.54) is 0 Å². The zero-order chi connectivity index (χ0) is 12.4. The highest BCUT2D eigenvalue weighted by Gasteiger charge is 2.11. The van der Waals surface area contributed by atoms with Gasteiger partial charge in [-0.25, -0.2) is 9.50 Å². The predicted molar refractivity (Wildman–Crippen MR) is 60.8 cm³/mol. The summed E-state index contributed by atoms with van der Waals surface area (Å²) >= 11 is 0. The Morgan fingerprint density at radius 3 is 2.94 bits per heavy atom. The number of rotatable bonds is 4. The van der Waals surface area contributed by atoms with Crippen molar-refractivity contribution in [1.82, 2.24) is 19.6 Å². The van der Waals surface area contributed by atoms with Gasteiger partial charge in [0.1, 0.15) is 0 Å². The molecule has 0 unspecified atom stereocenters. The molecule has 0 fully saturated rings. The molecule has 2 rings (SSSR count). The van der Waals surface area contributed by atoms with Crippen molar-refractivity contribution in [2.75, 3.05) is 0 Å². The summed E-state index contributed by atoms with van der Waals surface area (Å²) in [6, 6.07) is 1.90. The number of fused-ring (bicyclic) bond motifs is 1. The van der Waals surface area contributed by atoms with E-state index in [4.69, 9.17) is 5.11 Å².